The van der Waals surface area contributed by atoms with Gasteiger partial charge in [0.2, 0.25) is 5.91 Å². The molecule has 0 aliphatic carbocycles. The Kier molecular flexibility index (Phi) is 5.66. The maximum Gasteiger partial charge on any atom is 0.223 e. The van der Waals surface area contributed by atoms with Crippen LogP contribution in [0, 0.1) is 12.8 Å². The molecule has 1 fully saturated rings. The lowest BCUT2D eigenvalue weighted by Crippen LogP contribution is -2.40. The van der Waals surface area contributed by atoms with E-state index in [1.165, 1.54) is 0 Å². The molecule has 1 aromatic rings. The third-order valence-electron chi connectivity index (χ3n) is 3.42. The molecule has 19 heavy (non-hydrogen) atoms. The maximum atomic E-state index is 11.9. The van der Waals surface area contributed by atoms with Crippen molar-refractivity contribution in [3.05, 3.63) is 16.1 Å². The number of amides is 1. The van der Waals surface area contributed by atoms with Gasteiger partial charge in [0.15, 0.2) is 0 Å². The van der Waals surface area contributed by atoms with Gasteiger partial charge in [-0.05, 0) is 32.9 Å². The molecule has 106 valence electrons. The van der Waals surface area contributed by atoms with Gasteiger partial charge in [-0.3, -0.25) is 9.69 Å². The Bertz CT molecular complexity index is 414. The maximum absolute atomic E-state index is 11.9. The van der Waals surface area contributed by atoms with Crippen LogP contribution in [-0.4, -0.2) is 41.2 Å². The number of carbonyl (C=O) groups is 1. The Morgan fingerprint density at radius 3 is 2.89 bits per heavy atom. The smallest absolute Gasteiger partial charge is 0.223 e. The van der Waals surface area contributed by atoms with Crippen LogP contribution < -0.4 is 5.32 Å². The second-order valence-corrected chi connectivity index (χ2v) is 6.43. The Hall–Kier alpha value is -0.590. The highest BCUT2D eigenvalue weighted by Crippen LogP contribution is 2.19. The molecule has 2 heterocycles. The molecule has 0 atom stereocenters. The highest BCUT2D eigenvalue weighted by Gasteiger charge is 2.24. The molecule has 1 N–H and O–H groups in total. The molecular weight excluding hydrogens is 278 g/mol. The van der Waals surface area contributed by atoms with Crippen LogP contribution in [0.15, 0.2) is 5.38 Å². The lowest BCUT2D eigenvalue weighted by atomic mass is 9.96. The molecule has 0 saturated carbocycles. The quantitative estimate of drug-likeness (QED) is 0.814. The number of nitrogens with zero attached hydrogens (tertiary/aromatic N) is 2. The summed E-state index contributed by atoms with van der Waals surface area (Å²) in [5.74, 6) is 1.07. The van der Waals surface area contributed by atoms with Gasteiger partial charge < -0.3 is 5.32 Å². The second kappa shape index (κ2) is 7.26. The van der Waals surface area contributed by atoms with E-state index in [1.807, 2.05) is 6.92 Å². The third-order valence-corrected chi connectivity index (χ3v) is 4.47. The van der Waals surface area contributed by atoms with E-state index in [1.54, 1.807) is 11.3 Å². The highest BCUT2D eigenvalue weighted by molar-refractivity contribution is 7.80. The first kappa shape index (κ1) is 14.8. The predicted octanol–water partition coefficient (Wildman–Crippen LogP) is 1.71. The summed E-state index contributed by atoms with van der Waals surface area (Å²) in [6.45, 7) is 5.58. The van der Waals surface area contributed by atoms with Crippen molar-refractivity contribution in [3.63, 3.8) is 0 Å². The van der Waals surface area contributed by atoms with E-state index >= 15 is 0 Å². The van der Waals surface area contributed by atoms with E-state index in [4.69, 9.17) is 0 Å². The summed E-state index contributed by atoms with van der Waals surface area (Å²) in [7, 11) is 0. The number of hydrogen-bond donors (Lipinski definition) is 2. The molecule has 0 bridgehead atoms. The van der Waals surface area contributed by atoms with Crippen LogP contribution >= 0.6 is 24.0 Å². The topological polar surface area (TPSA) is 45.2 Å². The zero-order valence-corrected chi connectivity index (χ0v) is 13.0. The van der Waals surface area contributed by atoms with Gasteiger partial charge in [0.25, 0.3) is 0 Å². The normalized spacial score (nSPS) is 17.6. The molecule has 0 spiro atoms. The van der Waals surface area contributed by atoms with Gasteiger partial charge in [0.05, 0.1) is 10.7 Å². The Balaban J connectivity index is 1.74. The standard InChI is InChI=1S/C13H21N3OS2/c1-10-15-12(9-19-10)8-16-5-2-11(3-6-16)13(17)14-4-7-18/h9,11,18H,2-8H2,1H3,(H,14,17). The highest BCUT2D eigenvalue weighted by atomic mass is 32.1. The lowest BCUT2D eigenvalue weighted by molar-refractivity contribution is -0.126. The van der Waals surface area contributed by atoms with Crippen molar-refractivity contribution in [2.75, 3.05) is 25.4 Å². The number of carbonyl (C=O) groups excluding carboxylic acids is 1. The van der Waals surface area contributed by atoms with Crippen LogP contribution in [0.2, 0.25) is 0 Å². The van der Waals surface area contributed by atoms with Crippen molar-refractivity contribution in [2.24, 2.45) is 5.92 Å². The van der Waals surface area contributed by atoms with Crippen molar-refractivity contribution in [1.29, 1.82) is 0 Å². The fourth-order valence-corrected chi connectivity index (χ4v) is 3.10. The van der Waals surface area contributed by atoms with E-state index in [9.17, 15) is 4.79 Å². The number of nitrogens with one attached hydrogen (secondary N) is 1. The average molecular weight is 299 g/mol. The third kappa shape index (κ3) is 4.47. The number of aromatic nitrogens is 1. The van der Waals surface area contributed by atoms with Crippen LogP contribution in [0.3, 0.4) is 0 Å². The minimum atomic E-state index is 0.174. The number of thiol groups is 1. The molecule has 1 aromatic heterocycles. The van der Waals surface area contributed by atoms with E-state index in [-0.39, 0.29) is 11.8 Å². The second-order valence-electron chi connectivity index (χ2n) is 4.92. The average Bonchev–Trinajstić information content (AvgIpc) is 2.82. The molecule has 1 aliphatic rings. The van der Waals surface area contributed by atoms with Crippen LogP contribution in [0.4, 0.5) is 0 Å². The van der Waals surface area contributed by atoms with Gasteiger partial charge in [-0.2, -0.15) is 12.6 Å². The molecular formula is C13H21N3OS2. The van der Waals surface area contributed by atoms with Crippen molar-refractivity contribution < 1.29 is 4.79 Å². The molecule has 1 amide bonds. The van der Waals surface area contributed by atoms with Crippen LogP contribution in [0.5, 0.6) is 0 Å². The Labute approximate surface area is 124 Å². The summed E-state index contributed by atoms with van der Waals surface area (Å²) >= 11 is 5.80. The molecule has 0 unspecified atom stereocenters. The lowest BCUT2D eigenvalue weighted by Gasteiger charge is -2.30. The zero-order chi connectivity index (χ0) is 13.7. The summed E-state index contributed by atoms with van der Waals surface area (Å²) in [5, 5.41) is 6.17. The summed E-state index contributed by atoms with van der Waals surface area (Å²) in [5.41, 5.74) is 1.15. The van der Waals surface area contributed by atoms with E-state index in [0.29, 0.717) is 12.3 Å². The van der Waals surface area contributed by atoms with Gasteiger partial charge in [-0.25, -0.2) is 4.98 Å². The number of likely N-dealkylation sites (tertiary alicyclic amines) is 1. The molecule has 6 heteroatoms. The van der Waals surface area contributed by atoms with Crippen molar-refractivity contribution >= 4 is 29.9 Å². The van der Waals surface area contributed by atoms with Crippen molar-refractivity contribution in [3.8, 4) is 0 Å². The van der Waals surface area contributed by atoms with E-state index in [0.717, 1.165) is 43.2 Å². The van der Waals surface area contributed by atoms with Crippen LogP contribution in [0.25, 0.3) is 0 Å². The summed E-state index contributed by atoms with van der Waals surface area (Å²) < 4.78 is 0. The van der Waals surface area contributed by atoms with Crippen LogP contribution in [0.1, 0.15) is 23.5 Å². The Morgan fingerprint density at radius 1 is 1.58 bits per heavy atom. The van der Waals surface area contributed by atoms with Gasteiger partial charge >= 0.3 is 0 Å². The first-order valence-corrected chi connectivity index (χ1v) is 8.22. The number of thiazole rings is 1. The predicted molar refractivity (Wildman–Crippen MR) is 81.7 cm³/mol. The van der Waals surface area contributed by atoms with E-state index < -0.39 is 0 Å². The fourth-order valence-electron chi connectivity index (χ4n) is 2.39. The largest absolute Gasteiger partial charge is 0.355 e. The molecule has 2 rings (SSSR count). The monoisotopic (exact) mass is 299 g/mol. The number of piperidine rings is 1. The summed E-state index contributed by atoms with van der Waals surface area (Å²) in [6, 6.07) is 0. The summed E-state index contributed by atoms with van der Waals surface area (Å²) in [4.78, 5) is 18.7. The molecule has 1 saturated heterocycles. The molecule has 4 nitrogen and oxygen atoms in total. The minimum absolute atomic E-state index is 0.174. The first-order valence-electron chi connectivity index (χ1n) is 6.71. The Morgan fingerprint density at radius 2 is 2.32 bits per heavy atom. The van der Waals surface area contributed by atoms with Gasteiger partial charge in [0.1, 0.15) is 0 Å². The van der Waals surface area contributed by atoms with Gasteiger partial charge in [0, 0.05) is 30.1 Å². The number of hydrogen-bond acceptors (Lipinski definition) is 5. The zero-order valence-electron chi connectivity index (χ0n) is 11.3. The van der Waals surface area contributed by atoms with Crippen molar-refractivity contribution in [1.82, 2.24) is 15.2 Å². The van der Waals surface area contributed by atoms with E-state index in [2.05, 4.69) is 33.2 Å². The van der Waals surface area contributed by atoms with Crippen molar-refractivity contribution in [2.45, 2.75) is 26.3 Å². The molecule has 0 radical (unpaired) electrons. The van der Waals surface area contributed by atoms with Gasteiger partial charge in [-0.1, -0.05) is 0 Å². The number of rotatable bonds is 5. The molecule has 0 aromatic carbocycles. The van der Waals surface area contributed by atoms with Gasteiger partial charge in [-0.15, -0.1) is 11.3 Å². The van der Waals surface area contributed by atoms with Crippen LogP contribution in [-0.2, 0) is 11.3 Å². The molecule has 1 aliphatic heterocycles. The SMILES string of the molecule is Cc1nc(CN2CCC(C(=O)NCCS)CC2)cs1. The minimum Gasteiger partial charge on any atom is -0.355 e. The summed E-state index contributed by atoms with van der Waals surface area (Å²) in [6.07, 6.45) is 1.89. The fraction of sp³-hybridized carbons (Fsp3) is 0.692. The first-order chi connectivity index (χ1) is 9.19. The number of aryl methyl sites for hydroxylation is 1.